The lowest BCUT2D eigenvalue weighted by Gasteiger charge is -2.00. The molecule has 0 amide bonds. The summed E-state index contributed by atoms with van der Waals surface area (Å²) in [5.41, 5.74) is 6.30. The van der Waals surface area contributed by atoms with Gasteiger partial charge < -0.3 is 5.73 Å². The molecule has 2 heterocycles. The summed E-state index contributed by atoms with van der Waals surface area (Å²) in [6.45, 7) is 0.427. The molecule has 2 N–H and O–H groups in total. The third-order valence-corrected chi connectivity index (χ3v) is 5.18. The predicted molar refractivity (Wildman–Crippen MR) is 56.0 cm³/mol. The second-order valence-corrected chi connectivity index (χ2v) is 6.60. The van der Waals surface area contributed by atoms with Crippen molar-refractivity contribution in [1.82, 2.24) is 4.98 Å². The number of nitrogens with zero attached hydrogens (tertiary/aromatic N) is 1. The highest BCUT2D eigenvalue weighted by atomic mass is 32.2. The van der Waals surface area contributed by atoms with Crippen LogP contribution in [0.15, 0.2) is 5.38 Å². The Kier molecular flexibility index (Phi) is 2.59. The van der Waals surface area contributed by atoms with E-state index in [2.05, 4.69) is 4.98 Å². The molecule has 6 heteroatoms. The van der Waals surface area contributed by atoms with E-state index in [9.17, 15) is 8.42 Å². The summed E-state index contributed by atoms with van der Waals surface area (Å²) in [5.74, 6) is 0.657. The fourth-order valence-electron chi connectivity index (χ4n) is 1.59. The van der Waals surface area contributed by atoms with Crippen molar-refractivity contribution in [2.75, 3.05) is 11.5 Å². The topological polar surface area (TPSA) is 73.1 Å². The lowest BCUT2D eigenvalue weighted by molar-refractivity contribution is 0.601. The van der Waals surface area contributed by atoms with Gasteiger partial charge in [-0.1, -0.05) is 0 Å². The summed E-state index contributed by atoms with van der Waals surface area (Å²) < 4.78 is 22.5. The number of sulfone groups is 1. The molecule has 0 aliphatic carbocycles. The number of hydrogen-bond donors (Lipinski definition) is 1. The average Bonchev–Trinajstić information content (AvgIpc) is 2.70. The highest BCUT2D eigenvalue weighted by Gasteiger charge is 2.30. The van der Waals surface area contributed by atoms with E-state index >= 15 is 0 Å². The first-order valence-corrected chi connectivity index (χ1v) is 7.15. The molecule has 1 atom stereocenters. The maximum atomic E-state index is 11.2. The molecule has 1 saturated heterocycles. The van der Waals surface area contributed by atoms with Crippen molar-refractivity contribution in [2.45, 2.75) is 18.9 Å². The molecule has 1 aromatic rings. The van der Waals surface area contributed by atoms with Crippen LogP contribution in [0, 0.1) is 0 Å². The molecular formula is C8H12N2O2S2. The Morgan fingerprint density at radius 1 is 1.64 bits per heavy atom. The minimum atomic E-state index is -2.81. The normalized spacial score (nSPS) is 25.4. The number of nitrogens with two attached hydrogens (primary N) is 1. The largest absolute Gasteiger partial charge is 0.325 e. The van der Waals surface area contributed by atoms with Gasteiger partial charge in [0, 0.05) is 17.8 Å². The summed E-state index contributed by atoms with van der Waals surface area (Å²) >= 11 is 1.52. The smallest absolute Gasteiger partial charge is 0.151 e. The monoisotopic (exact) mass is 232 g/mol. The zero-order valence-corrected chi connectivity index (χ0v) is 9.27. The molecule has 0 spiro atoms. The van der Waals surface area contributed by atoms with Gasteiger partial charge in [0.15, 0.2) is 9.84 Å². The fourth-order valence-corrected chi connectivity index (χ4v) is 4.42. The van der Waals surface area contributed by atoms with Crippen molar-refractivity contribution < 1.29 is 8.42 Å². The SMILES string of the molecule is NCc1csc(C2CCS(=O)(=O)C2)n1. The summed E-state index contributed by atoms with van der Waals surface area (Å²) in [4.78, 5) is 4.31. The standard InChI is InChI=1S/C8H12N2O2S2/c9-3-7-4-13-8(10-7)6-1-2-14(11,12)5-6/h4,6H,1-3,5,9H2. The molecule has 1 aliphatic heterocycles. The van der Waals surface area contributed by atoms with E-state index < -0.39 is 9.84 Å². The van der Waals surface area contributed by atoms with Crippen molar-refractivity contribution in [3.63, 3.8) is 0 Å². The van der Waals surface area contributed by atoms with Gasteiger partial charge in [-0.05, 0) is 6.42 Å². The lowest BCUT2D eigenvalue weighted by Crippen LogP contribution is -2.04. The van der Waals surface area contributed by atoms with E-state index in [1.807, 2.05) is 5.38 Å². The van der Waals surface area contributed by atoms with E-state index in [0.717, 1.165) is 10.7 Å². The van der Waals surface area contributed by atoms with Crippen LogP contribution in [0.1, 0.15) is 23.0 Å². The Morgan fingerprint density at radius 3 is 2.93 bits per heavy atom. The highest BCUT2D eigenvalue weighted by molar-refractivity contribution is 7.91. The Bertz CT molecular complexity index is 424. The number of rotatable bonds is 2. The molecule has 2 rings (SSSR count). The molecule has 0 aromatic carbocycles. The summed E-state index contributed by atoms with van der Waals surface area (Å²) in [6.07, 6.45) is 0.708. The molecule has 4 nitrogen and oxygen atoms in total. The van der Waals surface area contributed by atoms with Crippen molar-refractivity contribution in [3.8, 4) is 0 Å². The minimum Gasteiger partial charge on any atom is -0.325 e. The molecule has 1 fully saturated rings. The maximum Gasteiger partial charge on any atom is 0.151 e. The van der Waals surface area contributed by atoms with Crippen LogP contribution >= 0.6 is 11.3 Å². The number of thiazole rings is 1. The molecule has 0 bridgehead atoms. The van der Waals surface area contributed by atoms with E-state index in [0.29, 0.717) is 18.7 Å². The lowest BCUT2D eigenvalue weighted by atomic mass is 10.1. The average molecular weight is 232 g/mol. The second-order valence-electron chi connectivity index (χ2n) is 3.48. The predicted octanol–water partition coefficient (Wildman–Crippen LogP) is 0.504. The van der Waals surface area contributed by atoms with Gasteiger partial charge in [0.25, 0.3) is 0 Å². The molecule has 1 aromatic heterocycles. The molecular weight excluding hydrogens is 220 g/mol. The summed E-state index contributed by atoms with van der Waals surface area (Å²) in [5, 5.41) is 2.83. The quantitative estimate of drug-likeness (QED) is 0.806. The number of aromatic nitrogens is 1. The summed E-state index contributed by atoms with van der Waals surface area (Å²) in [6, 6.07) is 0. The second kappa shape index (κ2) is 3.60. The zero-order chi connectivity index (χ0) is 10.2. The third-order valence-electron chi connectivity index (χ3n) is 2.36. The van der Waals surface area contributed by atoms with Gasteiger partial charge in [-0.15, -0.1) is 11.3 Å². The van der Waals surface area contributed by atoms with E-state index in [1.165, 1.54) is 11.3 Å². The van der Waals surface area contributed by atoms with Crippen molar-refractivity contribution in [1.29, 1.82) is 0 Å². The van der Waals surface area contributed by atoms with Crippen LogP contribution in [0.25, 0.3) is 0 Å². The van der Waals surface area contributed by atoms with Gasteiger partial charge in [0.1, 0.15) is 0 Å². The van der Waals surface area contributed by atoms with Crippen LogP contribution in [-0.2, 0) is 16.4 Å². The molecule has 0 radical (unpaired) electrons. The van der Waals surface area contributed by atoms with Gasteiger partial charge in [-0.3, -0.25) is 0 Å². The van der Waals surface area contributed by atoms with Crippen molar-refractivity contribution >= 4 is 21.2 Å². The Labute approximate surface area is 87.1 Å². The Hall–Kier alpha value is -0.460. The fraction of sp³-hybridized carbons (Fsp3) is 0.625. The van der Waals surface area contributed by atoms with Gasteiger partial charge in [0.2, 0.25) is 0 Å². The summed E-state index contributed by atoms with van der Waals surface area (Å²) in [7, 11) is -2.81. The Morgan fingerprint density at radius 2 is 2.43 bits per heavy atom. The minimum absolute atomic E-state index is 0.102. The van der Waals surface area contributed by atoms with Gasteiger partial charge in [0.05, 0.1) is 22.2 Å². The van der Waals surface area contributed by atoms with Crippen LogP contribution < -0.4 is 5.73 Å². The van der Waals surface area contributed by atoms with Crippen molar-refractivity contribution in [3.05, 3.63) is 16.1 Å². The van der Waals surface area contributed by atoms with Crippen LogP contribution in [-0.4, -0.2) is 24.9 Å². The van der Waals surface area contributed by atoms with Gasteiger partial charge in [-0.25, -0.2) is 13.4 Å². The van der Waals surface area contributed by atoms with Crippen LogP contribution in [0.3, 0.4) is 0 Å². The van der Waals surface area contributed by atoms with Crippen LogP contribution in [0.4, 0.5) is 0 Å². The van der Waals surface area contributed by atoms with Gasteiger partial charge in [-0.2, -0.15) is 0 Å². The molecule has 14 heavy (non-hydrogen) atoms. The molecule has 78 valence electrons. The van der Waals surface area contributed by atoms with E-state index in [1.54, 1.807) is 0 Å². The highest BCUT2D eigenvalue weighted by Crippen LogP contribution is 2.30. The first-order valence-electron chi connectivity index (χ1n) is 4.45. The zero-order valence-electron chi connectivity index (χ0n) is 7.64. The first-order chi connectivity index (χ1) is 6.61. The number of hydrogen-bond acceptors (Lipinski definition) is 5. The molecule has 0 saturated carbocycles. The maximum absolute atomic E-state index is 11.2. The van der Waals surface area contributed by atoms with E-state index in [-0.39, 0.29) is 11.7 Å². The molecule has 1 aliphatic rings. The van der Waals surface area contributed by atoms with Crippen molar-refractivity contribution in [2.24, 2.45) is 5.73 Å². The Balaban J connectivity index is 2.17. The van der Waals surface area contributed by atoms with Crippen LogP contribution in [0.5, 0.6) is 0 Å². The van der Waals surface area contributed by atoms with Crippen LogP contribution in [0.2, 0.25) is 0 Å². The third kappa shape index (κ3) is 1.97. The molecule has 1 unspecified atom stereocenters. The van der Waals surface area contributed by atoms with Gasteiger partial charge >= 0.3 is 0 Å². The van der Waals surface area contributed by atoms with E-state index in [4.69, 9.17) is 5.73 Å². The first kappa shape index (κ1) is 10.1.